The minimum Gasteiger partial charge on any atom is -0.468 e. The summed E-state index contributed by atoms with van der Waals surface area (Å²) in [6.45, 7) is 8.76. The lowest BCUT2D eigenvalue weighted by molar-refractivity contribution is -0.148. The van der Waals surface area contributed by atoms with Crippen molar-refractivity contribution in [2.24, 2.45) is 57.9 Å². The number of ether oxygens (including phenoxy) is 7. The van der Waals surface area contributed by atoms with Gasteiger partial charge in [-0.25, -0.2) is 17.6 Å². The zero-order chi connectivity index (χ0) is 93.6. The summed E-state index contributed by atoms with van der Waals surface area (Å²) in [5.74, 6) is -3.90. The van der Waals surface area contributed by atoms with Gasteiger partial charge in [0.1, 0.15) is 62.0 Å². The van der Waals surface area contributed by atoms with E-state index in [1.54, 1.807) is 6.92 Å². The highest BCUT2D eigenvalue weighted by atomic mass is 19.1. The van der Waals surface area contributed by atoms with Crippen molar-refractivity contribution in [1.29, 1.82) is 0 Å². The van der Waals surface area contributed by atoms with Gasteiger partial charge in [-0.2, -0.15) is 0 Å². The van der Waals surface area contributed by atoms with E-state index in [4.69, 9.17) is 59.1 Å². The summed E-state index contributed by atoms with van der Waals surface area (Å²) >= 11 is 0. The molecule has 0 amide bonds. The molecular weight excluding hydrogens is 1610 g/mol. The van der Waals surface area contributed by atoms with Gasteiger partial charge in [0, 0.05) is 37.8 Å². The van der Waals surface area contributed by atoms with E-state index in [1.165, 1.54) is 163 Å². The maximum atomic E-state index is 13.3. The van der Waals surface area contributed by atoms with Crippen molar-refractivity contribution >= 4 is 41.8 Å². The Morgan fingerprint density at radius 3 is 1.08 bits per heavy atom. The summed E-state index contributed by atoms with van der Waals surface area (Å²) in [5.41, 5.74) is 43.1. The van der Waals surface area contributed by atoms with Crippen LogP contribution in [0.4, 0.5) is 17.6 Å². The van der Waals surface area contributed by atoms with E-state index in [2.05, 4.69) is 46.3 Å². The van der Waals surface area contributed by atoms with Gasteiger partial charge >= 0.3 is 41.8 Å². The Bertz CT molecular complexity index is 4400. The van der Waals surface area contributed by atoms with E-state index in [-0.39, 0.29) is 48.3 Å². The molecule has 3 aliphatic carbocycles. The molecule has 0 spiro atoms. The van der Waals surface area contributed by atoms with Crippen LogP contribution < -0.4 is 40.1 Å². The van der Waals surface area contributed by atoms with Crippen LogP contribution in [0.2, 0.25) is 0 Å². The zero-order valence-electron chi connectivity index (χ0n) is 76.3. The van der Waals surface area contributed by atoms with E-state index >= 15 is 0 Å². The molecule has 3 aliphatic rings. The van der Waals surface area contributed by atoms with Crippen molar-refractivity contribution in [3.05, 3.63) is 262 Å². The first-order chi connectivity index (χ1) is 59.7. The Kier molecular flexibility index (Phi) is 47.2. The fourth-order valence-corrected chi connectivity index (χ4v) is 15.9. The summed E-state index contributed by atoms with van der Waals surface area (Å²) in [6.07, 6.45) is 27.2. The van der Waals surface area contributed by atoms with Crippen LogP contribution >= 0.6 is 0 Å². The Hall–Kier alpha value is -9.99. The highest BCUT2D eigenvalue weighted by Gasteiger charge is 2.41. The number of carbonyl (C=O) groups excluding carboxylic acids is 7. The standard InChI is InChI=1S/C18H27NO2.C18H25NO2.C18H21NO2.C15H23NO2.2C11H13F2NO2.C10H19NO2/c3*1-21-17(20)18(19,14-16-10-6-3-7-11-16)13-12-15-8-4-2-5-9-15;1-12(2)11-15(16,14(17)18-3)10-9-13-7-5-4-6-8-13;1-11(14,10(15)16-2)6-7-3-8(12)5-9(13)4-7;1-11(14,10(15)16-2)6-7-3-4-8(12)5-9(7)13;1-10(11,9(12)13-2)7-8-5-3-4-6-8/h3,6-7,10-11,15H,2,4-5,8-9,12-14,19H2,1H3;2,4-5,8-10H,3,6-7,11-14,19H2,1H3;2-11H,12-14,19H2,1H3;4-8,12H,9-11,16H2,1-3H3;2*3-5H,6,14H2,1-2H3;8H,3-7,11H2,1-2H3. The number of benzene rings is 7. The summed E-state index contributed by atoms with van der Waals surface area (Å²) < 4.78 is 85.0. The number of nitrogens with two attached hydrogens (primary N) is 7. The number of aryl methyl sites for hydroxylation is 3. The van der Waals surface area contributed by atoms with Crippen LogP contribution in [0.1, 0.15) is 208 Å². The predicted octanol–water partition coefficient (Wildman–Crippen LogP) is 16.4. The fraction of sp³-hybridized carbons (Fsp3) is 0.495. The molecular formula is C101H141F4N7O14. The quantitative estimate of drug-likeness (QED) is 0.00869. The SMILES string of the molecule is COC(=O)C(C)(N)CC1CCCC1.COC(=O)C(C)(N)Cc1cc(F)cc(F)c1.COC(=O)C(C)(N)Cc1ccc(F)cc1F.COC(=O)C(N)(CCC1CCCCC1)Cc1ccccc1.COC(=O)C(N)(CCc1ccccc1)CC(C)C.COC(=O)C(N)(CCc1ccccc1)CC1=CCCCC1.COC(=O)C(N)(CCc1ccccc1)Cc1ccccc1. The third-order valence-electron chi connectivity index (χ3n) is 22.8. The maximum Gasteiger partial charge on any atom is 0.326 e. The van der Waals surface area contributed by atoms with Crippen molar-refractivity contribution in [2.75, 3.05) is 49.8 Å². The molecule has 14 N–H and O–H groups in total. The summed E-state index contributed by atoms with van der Waals surface area (Å²) in [7, 11) is 9.43. The average Bonchev–Trinajstić information content (AvgIpc) is 0.934. The zero-order valence-corrected chi connectivity index (χ0v) is 76.3. The normalized spacial score (nSPS) is 16.4. The lowest BCUT2D eigenvalue weighted by atomic mass is 9.80. The number of rotatable bonds is 33. The van der Waals surface area contributed by atoms with Gasteiger partial charge in [-0.15, -0.1) is 0 Å². The topological polar surface area (TPSA) is 366 Å². The van der Waals surface area contributed by atoms with Gasteiger partial charge in [0.05, 0.1) is 49.8 Å². The number of methoxy groups -OCH3 is 7. The molecule has 25 heteroatoms. The molecule has 7 unspecified atom stereocenters. The number of esters is 7. The van der Waals surface area contributed by atoms with Crippen LogP contribution in [0.25, 0.3) is 0 Å². The minimum absolute atomic E-state index is 0.00829. The van der Waals surface area contributed by atoms with Crippen LogP contribution in [0.3, 0.4) is 0 Å². The Morgan fingerprint density at radius 1 is 0.349 bits per heavy atom. The number of hydrogen-bond acceptors (Lipinski definition) is 21. The number of halogens is 4. The van der Waals surface area contributed by atoms with Crippen molar-refractivity contribution < 1.29 is 84.3 Å². The van der Waals surface area contributed by atoms with Gasteiger partial charge in [-0.3, -0.25) is 33.6 Å². The van der Waals surface area contributed by atoms with Crippen molar-refractivity contribution in [3.63, 3.8) is 0 Å². The van der Waals surface area contributed by atoms with Crippen LogP contribution in [-0.2, 0) is 112 Å². The third kappa shape index (κ3) is 39.1. The Morgan fingerprint density at radius 2 is 0.698 bits per heavy atom. The van der Waals surface area contributed by atoms with Gasteiger partial charge in [0.2, 0.25) is 0 Å². The Balaban J connectivity index is 0.000000310. The molecule has 7 aromatic carbocycles. The van der Waals surface area contributed by atoms with Gasteiger partial charge in [0.25, 0.3) is 0 Å². The van der Waals surface area contributed by atoms with Gasteiger partial charge < -0.3 is 73.3 Å². The van der Waals surface area contributed by atoms with Gasteiger partial charge in [-0.05, 0) is 192 Å². The molecule has 7 aromatic rings. The molecule has 0 heterocycles. The van der Waals surface area contributed by atoms with Crippen molar-refractivity contribution in [1.82, 2.24) is 0 Å². The maximum absolute atomic E-state index is 13.3. The van der Waals surface area contributed by atoms with Crippen molar-refractivity contribution in [3.8, 4) is 0 Å². The molecule has 0 bridgehead atoms. The lowest BCUT2D eigenvalue weighted by Gasteiger charge is -2.30. The van der Waals surface area contributed by atoms with E-state index < -0.39 is 74.0 Å². The number of allylic oxidation sites excluding steroid dienone is 1. The predicted molar refractivity (Wildman–Crippen MR) is 487 cm³/mol. The number of carbonyl (C=O) groups is 7. The summed E-state index contributed by atoms with van der Waals surface area (Å²) in [5, 5.41) is 0. The van der Waals surface area contributed by atoms with Crippen LogP contribution in [0, 0.1) is 41.0 Å². The molecule has 0 aromatic heterocycles. The highest BCUT2D eigenvalue weighted by molar-refractivity contribution is 5.83. The lowest BCUT2D eigenvalue weighted by Crippen LogP contribution is -2.51. The summed E-state index contributed by atoms with van der Waals surface area (Å²) in [6, 6.07) is 56.2. The molecule has 0 saturated heterocycles. The van der Waals surface area contributed by atoms with E-state index in [0.717, 1.165) is 92.3 Å². The monoisotopic (exact) mass is 1750 g/mol. The smallest absolute Gasteiger partial charge is 0.326 e. The third-order valence-corrected chi connectivity index (χ3v) is 22.8. The van der Waals surface area contributed by atoms with Crippen LogP contribution in [0.5, 0.6) is 0 Å². The molecule has 2 fully saturated rings. The Labute approximate surface area is 745 Å². The summed E-state index contributed by atoms with van der Waals surface area (Å²) in [4.78, 5) is 82.1. The minimum atomic E-state index is -1.33. The molecule has 126 heavy (non-hydrogen) atoms. The highest BCUT2D eigenvalue weighted by Crippen LogP contribution is 2.34. The van der Waals surface area contributed by atoms with Crippen LogP contribution in [-0.4, -0.2) is 130 Å². The first kappa shape index (κ1) is 108. The van der Waals surface area contributed by atoms with E-state index in [1.807, 2.05) is 140 Å². The fourth-order valence-electron chi connectivity index (χ4n) is 15.9. The van der Waals surface area contributed by atoms with Crippen molar-refractivity contribution in [2.45, 2.75) is 253 Å². The second kappa shape index (κ2) is 54.9. The molecule has 21 nitrogen and oxygen atoms in total. The molecule has 7 atom stereocenters. The van der Waals surface area contributed by atoms with Gasteiger partial charge in [0.15, 0.2) is 0 Å². The average molecular weight is 1750 g/mol. The largest absolute Gasteiger partial charge is 0.468 e. The molecule has 0 aliphatic heterocycles. The van der Waals surface area contributed by atoms with E-state index in [0.29, 0.717) is 68.8 Å². The number of hydrogen-bond donors (Lipinski definition) is 7. The first-order valence-electron chi connectivity index (χ1n) is 43.5. The molecule has 2 saturated carbocycles. The van der Waals surface area contributed by atoms with E-state index in [9.17, 15) is 51.1 Å². The van der Waals surface area contributed by atoms with Gasteiger partial charge in [-0.1, -0.05) is 241 Å². The second-order valence-corrected chi connectivity index (χ2v) is 34.7. The second-order valence-electron chi connectivity index (χ2n) is 34.7. The molecule has 0 radical (unpaired) electrons. The van der Waals surface area contributed by atoms with Crippen LogP contribution in [0.15, 0.2) is 200 Å². The molecule has 10 rings (SSSR count). The molecule has 692 valence electrons. The first-order valence-corrected chi connectivity index (χ1v) is 43.5.